The number of hydrogen-bond acceptors (Lipinski definition) is 14. The number of nitrogens with one attached hydrogen (secondary N) is 4. The van der Waals surface area contributed by atoms with Crippen LogP contribution in [-0.4, -0.2) is 110 Å². The summed E-state index contributed by atoms with van der Waals surface area (Å²) in [6, 6.07) is 16.3. The van der Waals surface area contributed by atoms with Crippen LogP contribution >= 0.6 is 0 Å². The summed E-state index contributed by atoms with van der Waals surface area (Å²) in [5, 5.41) is 20.0. The molecule has 1 fully saturated rings. The number of nitrogens with zero attached hydrogens (tertiary/aromatic N) is 3. The fraction of sp³-hybridized carbons (Fsp3) is 0.442. The van der Waals surface area contributed by atoms with Gasteiger partial charge in [-0.05, 0) is 144 Å². The highest BCUT2D eigenvalue weighted by Crippen LogP contribution is 2.40. The van der Waals surface area contributed by atoms with Crippen molar-refractivity contribution in [3.8, 4) is 45.7 Å². The van der Waals surface area contributed by atoms with Crippen LogP contribution < -0.4 is 58.4 Å². The van der Waals surface area contributed by atoms with Gasteiger partial charge in [0.1, 0.15) is 48.0 Å². The number of benzene rings is 3. The van der Waals surface area contributed by atoms with Gasteiger partial charge in [0.05, 0.1) is 42.3 Å². The molecule has 1 saturated carbocycles. The Bertz CT molecular complexity index is 2540. The molecular formula is C52H67N11O8. The number of likely N-dealkylation sites (N-methyl/N-ethyl adjacent to an activating group) is 1. The first-order valence-electron chi connectivity index (χ1n) is 24.3. The topological polar surface area (TPSA) is 305 Å². The van der Waals surface area contributed by atoms with Gasteiger partial charge in [0, 0.05) is 35.8 Å². The molecule has 0 radical (unpaired) electrons. The van der Waals surface area contributed by atoms with Gasteiger partial charge in [-0.3, -0.25) is 29.0 Å². The molecule has 6 rings (SSSR count). The molecule has 2 aliphatic rings. The van der Waals surface area contributed by atoms with Crippen LogP contribution in [0.1, 0.15) is 91.5 Å². The molecule has 4 unspecified atom stereocenters. The van der Waals surface area contributed by atoms with Gasteiger partial charge >= 0.3 is 0 Å². The standard InChI is InChI=1S/C52H67N11O8/c1-31-46(40(57)30-42(59-31)34-12-15-37(16-13-34)71-36-9-5-4-6-10-36)50(66)61-41(19-22-55)52(68)63(3)47-35-14-18-45(70-26-8-21-54)39(29-35)38-27-33(11-17-44(38)69-25-7-20-53)28-43(49(65)58-24-23-56)62-48(64)32(2)60-51(47)67/h11-18,27,29-30,32,36,41,43,47H,4-10,19-22,24-26,28,53-55H2,1-3H3,(H2,57,59)(H,58,65)(H,60,67)(H,61,66)(H,62,64). The number of nitrogen functional groups attached to an aromatic ring is 1. The van der Waals surface area contributed by atoms with Crippen LogP contribution in [-0.2, 0) is 25.6 Å². The molecule has 378 valence electrons. The molecule has 1 aliphatic heterocycles. The molecule has 19 heteroatoms. The number of fused-ring (bicyclic) bond motifs is 5. The molecule has 19 nitrogen and oxygen atoms in total. The van der Waals surface area contributed by atoms with E-state index in [9.17, 15) is 29.2 Å². The second-order valence-corrected chi connectivity index (χ2v) is 17.9. The maximum Gasteiger partial charge on any atom is 0.255 e. The maximum atomic E-state index is 14.8. The number of carbonyl (C=O) groups excluding carboxylic acids is 5. The predicted octanol–water partition coefficient (Wildman–Crippen LogP) is 3.31. The Hall–Kier alpha value is -7.27. The van der Waals surface area contributed by atoms with Gasteiger partial charge in [-0.1, -0.05) is 18.6 Å². The number of rotatable bonds is 19. The number of anilines is 1. The number of ether oxygens (including phenoxy) is 3. The van der Waals surface area contributed by atoms with Crippen LogP contribution in [0.3, 0.4) is 0 Å². The zero-order chi connectivity index (χ0) is 51.0. The van der Waals surface area contributed by atoms with Crippen LogP contribution in [0, 0.1) is 18.3 Å². The first-order valence-corrected chi connectivity index (χ1v) is 24.3. The highest BCUT2D eigenvalue weighted by molar-refractivity contribution is 6.03. The molecule has 4 bridgehead atoms. The van der Waals surface area contributed by atoms with Crippen LogP contribution in [0.5, 0.6) is 17.2 Å². The van der Waals surface area contributed by atoms with E-state index in [4.69, 9.17) is 42.1 Å². The lowest BCUT2D eigenvalue weighted by atomic mass is 9.93. The van der Waals surface area contributed by atoms with Crippen molar-refractivity contribution in [1.29, 1.82) is 5.26 Å². The Morgan fingerprint density at radius 2 is 1.54 bits per heavy atom. The average molecular weight is 974 g/mol. The van der Waals surface area contributed by atoms with Crippen molar-refractivity contribution in [3.05, 3.63) is 89.1 Å². The SMILES string of the molecule is Cc1nc(-c2ccc(OC3CCCCC3)cc2)cc(N)c1C(=O)NC(CCN)C(=O)N(C)C1C(=O)NC(C)C(=O)NC(C(=O)NCC#N)Cc2ccc(OCCCN)c(c2)-c2cc1ccc2OCCCN. The smallest absolute Gasteiger partial charge is 0.255 e. The van der Waals surface area contributed by atoms with Gasteiger partial charge in [-0.15, -0.1) is 0 Å². The quantitative estimate of drug-likeness (QED) is 0.0494. The first kappa shape index (κ1) is 53.1. The Labute approximate surface area is 414 Å². The number of pyridine rings is 1. The van der Waals surface area contributed by atoms with Crippen LogP contribution in [0.25, 0.3) is 22.4 Å². The van der Waals surface area contributed by atoms with Crippen molar-refractivity contribution in [3.63, 3.8) is 0 Å². The van der Waals surface area contributed by atoms with E-state index >= 15 is 0 Å². The van der Waals surface area contributed by atoms with Crippen molar-refractivity contribution in [2.24, 2.45) is 17.2 Å². The van der Waals surface area contributed by atoms with Gasteiger partial charge in [-0.25, -0.2) is 0 Å². The fourth-order valence-corrected chi connectivity index (χ4v) is 8.77. The Morgan fingerprint density at radius 1 is 0.873 bits per heavy atom. The van der Waals surface area contributed by atoms with Crippen LogP contribution in [0.2, 0.25) is 0 Å². The maximum absolute atomic E-state index is 14.8. The van der Waals surface area contributed by atoms with Crippen molar-refractivity contribution in [1.82, 2.24) is 31.2 Å². The number of amides is 5. The van der Waals surface area contributed by atoms with E-state index in [1.165, 1.54) is 25.3 Å². The van der Waals surface area contributed by atoms with Crippen molar-refractivity contribution < 1.29 is 38.2 Å². The van der Waals surface area contributed by atoms with E-state index in [0.717, 1.165) is 37.0 Å². The second kappa shape index (κ2) is 25.5. The fourth-order valence-electron chi connectivity index (χ4n) is 8.77. The number of aryl methyl sites for hydroxylation is 1. The van der Waals surface area contributed by atoms with Crippen molar-refractivity contribution in [2.45, 2.75) is 102 Å². The summed E-state index contributed by atoms with van der Waals surface area (Å²) in [5.74, 6) is -1.81. The van der Waals surface area contributed by atoms with Gasteiger partial charge < -0.3 is 63.3 Å². The number of hydrogen-bond donors (Lipinski definition) is 8. The molecule has 0 spiro atoms. The zero-order valence-corrected chi connectivity index (χ0v) is 40.8. The molecule has 4 aromatic rings. The highest BCUT2D eigenvalue weighted by atomic mass is 16.5. The molecule has 12 N–H and O–H groups in total. The third kappa shape index (κ3) is 13.7. The number of aromatic nitrogens is 1. The minimum atomic E-state index is -1.42. The predicted molar refractivity (Wildman–Crippen MR) is 269 cm³/mol. The minimum absolute atomic E-state index is 0.00619. The average Bonchev–Trinajstić information content (AvgIpc) is 3.35. The van der Waals surface area contributed by atoms with Gasteiger partial charge in [0.2, 0.25) is 23.6 Å². The highest BCUT2D eigenvalue weighted by Gasteiger charge is 2.36. The van der Waals surface area contributed by atoms with Crippen molar-refractivity contribution in [2.75, 3.05) is 52.2 Å². The first-order chi connectivity index (χ1) is 34.3. The van der Waals surface area contributed by atoms with Crippen molar-refractivity contribution >= 4 is 35.2 Å². The van der Waals surface area contributed by atoms with E-state index in [0.29, 0.717) is 71.1 Å². The largest absolute Gasteiger partial charge is 0.493 e. The molecule has 3 aromatic carbocycles. The lowest BCUT2D eigenvalue weighted by molar-refractivity contribution is -0.141. The zero-order valence-electron chi connectivity index (χ0n) is 40.8. The van der Waals surface area contributed by atoms with Crippen LogP contribution in [0.15, 0.2) is 66.7 Å². The Kier molecular flexibility index (Phi) is 19.1. The lowest BCUT2D eigenvalue weighted by Gasteiger charge is -2.32. The number of carbonyl (C=O) groups is 5. The van der Waals surface area contributed by atoms with E-state index in [-0.39, 0.29) is 56.5 Å². The molecule has 1 aromatic heterocycles. The molecular weight excluding hydrogens is 907 g/mol. The summed E-state index contributed by atoms with van der Waals surface area (Å²) >= 11 is 0. The second-order valence-electron chi connectivity index (χ2n) is 17.9. The van der Waals surface area contributed by atoms with E-state index in [1.807, 2.05) is 30.3 Å². The lowest BCUT2D eigenvalue weighted by Crippen LogP contribution is -2.56. The molecule has 2 heterocycles. The van der Waals surface area contributed by atoms with Gasteiger partial charge in [0.25, 0.3) is 5.91 Å². The Balaban J connectivity index is 1.35. The summed E-state index contributed by atoms with van der Waals surface area (Å²) in [7, 11) is 1.42. The van der Waals surface area contributed by atoms with E-state index in [2.05, 4.69) is 21.3 Å². The monoisotopic (exact) mass is 974 g/mol. The molecule has 4 atom stereocenters. The minimum Gasteiger partial charge on any atom is -0.493 e. The molecule has 1 aliphatic carbocycles. The normalized spacial score (nSPS) is 17.6. The van der Waals surface area contributed by atoms with Crippen LogP contribution in [0.4, 0.5) is 5.69 Å². The number of nitriles is 1. The van der Waals surface area contributed by atoms with Gasteiger partial charge in [-0.2, -0.15) is 5.26 Å². The molecule has 71 heavy (non-hydrogen) atoms. The third-order valence-electron chi connectivity index (χ3n) is 12.5. The summed E-state index contributed by atoms with van der Waals surface area (Å²) in [6.07, 6.45) is 6.87. The third-order valence-corrected chi connectivity index (χ3v) is 12.5. The molecule has 5 amide bonds. The summed E-state index contributed by atoms with van der Waals surface area (Å²) in [4.78, 5) is 76.8. The van der Waals surface area contributed by atoms with Gasteiger partial charge in [0.15, 0.2) is 0 Å². The van der Waals surface area contributed by atoms with E-state index in [1.54, 1.807) is 49.4 Å². The summed E-state index contributed by atoms with van der Waals surface area (Å²) in [5.41, 5.74) is 28.1. The Morgan fingerprint density at radius 3 is 2.17 bits per heavy atom. The summed E-state index contributed by atoms with van der Waals surface area (Å²) in [6.45, 7) is 4.04. The number of nitrogens with two attached hydrogens (primary N) is 4. The molecule has 0 saturated heterocycles. The summed E-state index contributed by atoms with van der Waals surface area (Å²) < 4.78 is 18.7. The van der Waals surface area contributed by atoms with E-state index < -0.39 is 53.7 Å².